The molecule has 1 saturated heterocycles. The lowest BCUT2D eigenvalue weighted by Gasteiger charge is -2.19. The molecular formula is C17H15NO4. The third-order valence-corrected chi connectivity index (χ3v) is 3.70. The number of carbonyl (C=O) groups excluding carboxylic acids is 2. The van der Waals surface area contributed by atoms with Crippen molar-refractivity contribution in [2.24, 2.45) is 0 Å². The molecule has 0 radical (unpaired) electrons. The summed E-state index contributed by atoms with van der Waals surface area (Å²) in [7, 11) is 0. The van der Waals surface area contributed by atoms with E-state index in [1.807, 2.05) is 18.2 Å². The molecule has 1 aromatic heterocycles. The second kappa shape index (κ2) is 6.02. The second-order valence-electron chi connectivity index (χ2n) is 5.15. The lowest BCUT2D eigenvalue weighted by molar-refractivity contribution is -0.134. The highest BCUT2D eigenvalue weighted by Gasteiger charge is 2.30. The van der Waals surface area contributed by atoms with Gasteiger partial charge in [0.1, 0.15) is 5.58 Å². The molecule has 5 heteroatoms. The SMILES string of the molecule is O=C1CCC(c2coc3ccc(C=C=CCO)cc23)C(=O)N1. The molecule has 0 bridgehead atoms. The molecule has 2 aromatic rings. The first-order valence-electron chi connectivity index (χ1n) is 7.05. The van der Waals surface area contributed by atoms with Gasteiger partial charge >= 0.3 is 0 Å². The molecule has 2 heterocycles. The number of imide groups is 1. The molecule has 1 aliphatic heterocycles. The number of piperidine rings is 1. The Morgan fingerprint density at radius 3 is 3.05 bits per heavy atom. The maximum absolute atomic E-state index is 12.0. The third-order valence-electron chi connectivity index (χ3n) is 3.70. The van der Waals surface area contributed by atoms with E-state index < -0.39 is 0 Å². The van der Waals surface area contributed by atoms with E-state index in [0.29, 0.717) is 18.4 Å². The number of aliphatic hydroxyl groups excluding tert-OH is 1. The fraction of sp³-hybridized carbons (Fsp3) is 0.235. The van der Waals surface area contributed by atoms with Gasteiger partial charge in [-0.15, -0.1) is 5.73 Å². The summed E-state index contributed by atoms with van der Waals surface area (Å²) in [5, 5.41) is 11.9. The van der Waals surface area contributed by atoms with Crippen LogP contribution in [0.15, 0.2) is 40.7 Å². The Hall–Kier alpha value is -2.62. The van der Waals surface area contributed by atoms with Gasteiger partial charge in [0, 0.05) is 17.4 Å². The second-order valence-corrected chi connectivity index (χ2v) is 5.15. The summed E-state index contributed by atoms with van der Waals surface area (Å²) in [5.74, 6) is -0.877. The van der Waals surface area contributed by atoms with E-state index in [0.717, 1.165) is 16.5 Å². The van der Waals surface area contributed by atoms with Crippen LogP contribution in [0, 0.1) is 0 Å². The Morgan fingerprint density at radius 1 is 1.41 bits per heavy atom. The fourth-order valence-electron chi connectivity index (χ4n) is 2.62. The van der Waals surface area contributed by atoms with E-state index in [-0.39, 0.29) is 24.3 Å². The van der Waals surface area contributed by atoms with E-state index in [4.69, 9.17) is 9.52 Å². The van der Waals surface area contributed by atoms with Gasteiger partial charge in [0.05, 0.1) is 18.8 Å². The Balaban J connectivity index is 1.99. The molecule has 1 fully saturated rings. The van der Waals surface area contributed by atoms with E-state index in [2.05, 4.69) is 11.0 Å². The number of furan rings is 1. The van der Waals surface area contributed by atoms with E-state index in [1.54, 1.807) is 12.3 Å². The largest absolute Gasteiger partial charge is 0.464 e. The lowest BCUT2D eigenvalue weighted by Crippen LogP contribution is -2.39. The van der Waals surface area contributed by atoms with Gasteiger partial charge in [0.2, 0.25) is 11.8 Å². The van der Waals surface area contributed by atoms with Gasteiger partial charge in [0.15, 0.2) is 0 Å². The summed E-state index contributed by atoms with van der Waals surface area (Å²) in [4.78, 5) is 23.3. The first kappa shape index (κ1) is 14.3. The Bertz CT molecular complexity index is 796. The van der Waals surface area contributed by atoms with Crippen molar-refractivity contribution in [3.63, 3.8) is 0 Å². The number of benzene rings is 1. The average molecular weight is 297 g/mol. The number of rotatable bonds is 3. The maximum Gasteiger partial charge on any atom is 0.234 e. The summed E-state index contributed by atoms with van der Waals surface area (Å²) >= 11 is 0. The zero-order chi connectivity index (χ0) is 15.5. The minimum atomic E-state index is -0.369. The van der Waals surface area contributed by atoms with Crippen LogP contribution in [0.25, 0.3) is 17.0 Å². The van der Waals surface area contributed by atoms with Gasteiger partial charge < -0.3 is 9.52 Å². The normalized spacial score (nSPS) is 18.0. The fourth-order valence-corrected chi connectivity index (χ4v) is 2.62. The Kier molecular flexibility index (Phi) is 3.92. The molecule has 0 spiro atoms. The number of aliphatic hydroxyl groups is 1. The van der Waals surface area contributed by atoms with Crippen LogP contribution in [0.4, 0.5) is 0 Å². The number of fused-ring (bicyclic) bond motifs is 1. The summed E-state index contributed by atoms with van der Waals surface area (Å²) in [6.45, 7) is -0.0635. The van der Waals surface area contributed by atoms with Crippen LogP contribution >= 0.6 is 0 Å². The highest BCUT2D eigenvalue weighted by atomic mass is 16.3. The van der Waals surface area contributed by atoms with Gasteiger partial charge in [-0.25, -0.2) is 0 Å². The van der Waals surface area contributed by atoms with Gasteiger partial charge in [-0.05, 0) is 36.3 Å². The van der Waals surface area contributed by atoms with Gasteiger partial charge in [-0.1, -0.05) is 6.07 Å². The van der Waals surface area contributed by atoms with Crippen molar-refractivity contribution < 1.29 is 19.1 Å². The zero-order valence-electron chi connectivity index (χ0n) is 11.8. The van der Waals surface area contributed by atoms with Crippen LogP contribution in [-0.2, 0) is 9.59 Å². The van der Waals surface area contributed by atoms with Gasteiger partial charge in [0.25, 0.3) is 0 Å². The van der Waals surface area contributed by atoms with Crippen molar-refractivity contribution in [3.05, 3.63) is 47.4 Å². The number of nitrogens with one attached hydrogen (secondary N) is 1. The lowest BCUT2D eigenvalue weighted by atomic mass is 9.90. The molecule has 5 nitrogen and oxygen atoms in total. The van der Waals surface area contributed by atoms with Crippen molar-refractivity contribution in [3.8, 4) is 0 Å². The summed E-state index contributed by atoms with van der Waals surface area (Å²) < 4.78 is 5.51. The minimum Gasteiger partial charge on any atom is -0.464 e. The van der Waals surface area contributed by atoms with Crippen LogP contribution in [0.2, 0.25) is 0 Å². The predicted molar refractivity (Wildman–Crippen MR) is 81.0 cm³/mol. The molecule has 1 aromatic carbocycles. The van der Waals surface area contributed by atoms with Crippen molar-refractivity contribution in [2.45, 2.75) is 18.8 Å². The van der Waals surface area contributed by atoms with Crippen LogP contribution in [0.5, 0.6) is 0 Å². The molecule has 112 valence electrons. The quantitative estimate of drug-likeness (QED) is 0.672. The van der Waals surface area contributed by atoms with Gasteiger partial charge in [-0.3, -0.25) is 14.9 Å². The zero-order valence-corrected chi connectivity index (χ0v) is 11.8. The van der Waals surface area contributed by atoms with Crippen molar-refractivity contribution in [1.82, 2.24) is 5.32 Å². The summed E-state index contributed by atoms with van der Waals surface area (Å²) in [6.07, 6.45) is 5.67. The molecule has 1 atom stereocenters. The van der Waals surface area contributed by atoms with E-state index in [9.17, 15) is 9.59 Å². The molecule has 22 heavy (non-hydrogen) atoms. The molecule has 2 N–H and O–H groups in total. The highest BCUT2D eigenvalue weighted by molar-refractivity contribution is 6.02. The summed E-state index contributed by atoms with van der Waals surface area (Å²) in [6, 6.07) is 5.62. The van der Waals surface area contributed by atoms with Crippen LogP contribution in [0.1, 0.15) is 29.9 Å². The number of hydrogen-bond donors (Lipinski definition) is 2. The smallest absolute Gasteiger partial charge is 0.234 e. The van der Waals surface area contributed by atoms with Crippen molar-refractivity contribution in [1.29, 1.82) is 0 Å². The van der Waals surface area contributed by atoms with Crippen LogP contribution in [0.3, 0.4) is 0 Å². The van der Waals surface area contributed by atoms with Gasteiger partial charge in [-0.2, -0.15) is 0 Å². The topological polar surface area (TPSA) is 79.5 Å². The Labute approximate surface area is 126 Å². The molecule has 1 unspecified atom stereocenters. The number of hydrogen-bond acceptors (Lipinski definition) is 4. The maximum atomic E-state index is 12.0. The minimum absolute atomic E-state index is 0.0635. The standard InChI is InChI=1S/C17H15NO4/c19-8-2-1-3-11-4-6-15-13(9-11)14(10-22-15)12-5-7-16(20)18-17(12)21/h2-4,6,9-10,12,19H,5,7-8H2,(H,18,20,21). The number of amides is 2. The Morgan fingerprint density at radius 2 is 2.27 bits per heavy atom. The molecule has 1 aliphatic rings. The first-order chi connectivity index (χ1) is 10.7. The molecule has 0 aliphatic carbocycles. The first-order valence-corrected chi connectivity index (χ1v) is 7.05. The summed E-state index contributed by atoms with van der Waals surface area (Å²) in [5.41, 5.74) is 5.25. The van der Waals surface area contributed by atoms with Crippen LogP contribution in [-0.4, -0.2) is 23.5 Å². The van der Waals surface area contributed by atoms with E-state index >= 15 is 0 Å². The molecule has 2 amide bonds. The molecule has 3 rings (SSSR count). The average Bonchev–Trinajstić information content (AvgIpc) is 2.91. The molecule has 0 saturated carbocycles. The van der Waals surface area contributed by atoms with Crippen molar-refractivity contribution >= 4 is 28.9 Å². The van der Waals surface area contributed by atoms with Crippen molar-refractivity contribution in [2.75, 3.05) is 6.61 Å². The number of carbonyl (C=O) groups is 2. The predicted octanol–water partition coefficient (Wildman–Crippen LogP) is 2.11. The third kappa shape index (κ3) is 2.72. The highest BCUT2D eigenvalue weighted by Crippen LogP contribution is 2.33. The monoisotopic (exact) mass is 297 g/mol. The molecular weight excluding hydrogens is 282 g/mol. The van der Waals surface area contributed by atoms with E-state index in [1.165, 1.54) is 6.08 Å². The van der Waals surface area contributed by atoms with Crippen LogP contribution < -0.4 is 5.32 Å².